The van der Waals surface area contributed by atoms with Gasteiger partial charge in [0.15, 0.2) is 5.78 Å². The minimum Gasteiger partial charge on any atom is -0.512 e. The molecule has 0 amide bonds. The number of carbonyl (C=O) groups excluding carboxylic acids is 1. The third-order valence-electron chi connectivity index (χ3n) is 2.92. The van der Waals surface area contributed by atoms with Crippen LogP contribution >= 0.6 is 11.8 Å². The molecule has 5 heteroatoms. The molecule has 1 radical (unpaired) electrons. The summed E-state index contributed by atoms with van der Waals surface area (Å²) in [5.74, 6) is -0.0625. The molecule has 3 nitrogen and oxygen atoms in total. The molecule has 3 rings (SSSR count). The average molecular weight is 505 g/mol. The predicted octanol–water partition coefficient (Wildman–Crippen LogP) is 3.88. The molecule has 1 aliphatic heterocycles. The van der Waals surface area contributed by atoms with Crippen molar-refractivity contribution in [3.8, 4) is 0 Å². The van der Waals surface area contributed by atoms with Crippen LogP contribution in [-0.2, 0) is 24.9 Å². The van der Waals surface area contributed by atoms with E-state index in [1.807, 2.05) is 30.0 Å². The van der Waals surface area contributed by atoms with E-state index in [9.17, 15) is 4.79 Å². The predicted molar refractivity (Wildman–Crippen MR) is 92.3 cm³/mol. The number of hydrogen-bond acceptors (Lipinski definition) is 4. The van der Waals surface area contributed by atoms with Gasteiger partial charge in [-0.2, -0.15) is 0 Å². The molecule has 0 bridgehead atoms. The Morgan fingerprint density at radius 2 is 2.04 bits per heavy atom. The van der Waals surface area contributed by atoms with Crippen LogP contribution in [0, 0.1) is 6.07 Å². The van der Waals surface area contributed by atoms with Gasteiger partial charge in [-0.05, 0) is 13.8 Å². The van der Waals surface area contributed by atoms with E-state index in [1.54, 1.807) is 0 Å². The van der Waals surface area contributed by atoms with Gasteiger partial charge in [0.1, 0.15) is 0 Å². The van der Waals surface area contributed by atoms with Crippen molar-refractivity contribution in [1.82, 2.24) is 0 Å². The fourth-order valence-electron chi connectivity index (χ4n) is 2.05. The molecule has 0 fully saturated rings. The van der Waals surface area contributed by atoms with Gasteiger partial charge in [-0.25, -0.2) is 0 Å². The Bertz CT molecular complexity index is 646. The summed E-state index contributed by atoms with van der Waals surface area (Å²) in [5.41, 5.74) is 1.11. The van der Waals surface area contributed by atoms with Gasteiger partial charge >= 0.3 is 0 Å². The molecule has 0 saturated carbocycles. The molecule has 2 aliphatic rings. The van der Waals surface area contributed by atoms with Crippen LogP contribution in [-0.4, -0.2) is 27.2 Å². The van der Waals surface area contributed by atoms with Gasteiger partial charge in [0.25, 0.3) is 0 Å². The van der Waals surface area contributed by atoms with Crippen molar-refractivity contribution in [1.29, 1.82) is 0 Å². The van der Waals surface area contributed by atoms with E-state index < -0.39 is 0 Å². The number of benzene rings is 1. The fraction of sp³-hybridized carbons (Fsp3) is 0.222. The summed E-state index contributed by atoms with van der Waals surface area (Å²) >= 11 is 1.83. The summed E-state index contributed by atoms with van der Waals surface area (Å²) in [6.45, 7) is 2.85. The van der Waals surface area contributed by atoms with Gasteiger partial charge in [-0.3, -0.25) is 4.79 Å². The minimum atomic E-state index is -0.125. The van der Waals surface area contributed by atoms with Crippen LogP contribution in [0.5, 0.6) is 0 Å². The van der Waals surface area contributed by atoms with Crippen LogP contribution in [0.4, 0.5) is 0 Å². The zero-order valence-electron chi connectivity index (χ0n) is 12.9. The zero-order chi connectivity index (χ0) is 15.9. The van der Waals surface area contributed by atoms with Gasteiger partial charge in [0.05, 0.1) is 11.8 Å². The summed E-state index contributed by atoms with van der Waals surface area (Å²) in [6, 6.07) is 11.6. The van der Waals surface area contributed by atoms with Crippen molar-refractivity contribution < 1.29 is 30.0 Å². The SMILES string of the molecule is CC(=O)C=C(C)O.[Ir].[c-]1ccccc1C1=NC2C=CC=CC2S1. The number of aliphatic hydroxyl groups is 1. The fourth-order valence-corrected chi connectivity index (χ4v) is 3.20. The number of allylic oxidation sites excluding steroid dienone is 4. The Kier molecular flexibility index (Phi) is 8.24. The van der Waals surface area contributed by atoms with Crippen molar-refractivity contribution >= 4 is 22.6 Å². The molecular weight excluding hydrogens is 486 g/mol. The second-order valence-corrected chi connectivity index (χ2v) is 6.12. The number of aliphatic hydroxyl groups excluding tert-OH is 1. The maximum Gasteiger partial charge on any atom is 0.155 e. The Morgan fingerprint density at radius 1 is 1.30 bits per heavy atom. The van der Waals surface area contributed by atoms with Crippen molar-refractivity contribution in [2.24, 2.45) is 4.99 Å². The number of hydrogen-bond donors (Lipinski definition) is 1. The third-order valence-corrected chi connectivity index (χ3v) is 4.18. The molecule has 1 N–H and O–H groups in total. The molecule has 23 heavy (non-hydrogen) atoms. The minimum absolute atomic E-state index is 0. The van der Waals surface area contributed by atoms with Crippen LogP contribution in [0.25, 0.3) is 0 Å². The average Bonchev–Trinajstić information content (AvgIpc) is 2.91. The van der Waals surface area contributed by atoms with E-state index in [0.29, 0.717) is 11.3 Å². The van der Waals surface area contributed by atoms with Gasteiger partial charge in [-0.15, -0.1) is 47.7 Å². The Labute approximate surface area is 154 Å². The topological polar surface area (TPSA) is 49.7 Å². The first-order valence-corrected chi connectivity index (χ1v) is 7.88. The normalized spacial score (nSPS) is 21.5. The number of fused-ring (bicyclic) bond motifs is 1. The van der Waals surface area contributed by atoms with Crippen LogP contribution in [0.3, 0.4) is 0 Å². The monoisotopic (exact) mass is 505 g/mol. The van der Waals surface area contributed by atoms with Crippen molar-refractivity contribution in [3.63, 3.8) is 0 Å². The molecule has 2 atom stereocenters. The largest absolute Gasteiger partial charge is 0.512 e. The van der Waals surface area contributed by atoms with E-state index >= 15 is 0 Å². The second-order valence-electron chi connectivity index (χ2n) is 4.95. The van der Waals surface area contributed by atoms with E-state index in [0.717, 1.165) is 10.6 Å². The van der Waals surface area contributed by atoms with E-state index in [1.165, 1.54) is 19.9 Å². The zero-order valence-corrected chi connectivity index (χ0v) is 16.1. The van der Waals surface area contributed by atoms with E-state index in [2.05, 4.69) is 36.4 Å². The van der Waals surface area contributed by atoms with Crippen molar-refractivity contribution in [3.05, 3.63) is 72.0 Å². The molecule has 1 aromatic rings. The van der Waals surface area contributed by atoms with Crippen LogP contribution in [0.15, 0.2) is 65.4 Å². The number of thioether (sulfide) groups is 1. The molecule has 1 heterocycles. The number of carbonyl (C=O) groups is 1. The van der Waals surface area contributed by atoms with Crippen LogP contribution in [0.1, 0.15) is 19.4 Å². The molecule has 1 aliphatic carbocycles. The number of nitrogens with zero attached hydrogens (tertiary/aromatic N) is 1. The number of ketones is 1. The first kappa shape index (κ1) is 19.6. The first-order chi connectivity index (χ1) is 10.6. The molecule has 2 unspecified atom stereocenters. The van der Waals surface area contributed by atoms with Crippen LogP contribution in [0.2, 0.25) is 0 Å². The van der Waals surface area contributed by atoms with Crippen molar-refractivity contribution in [2.45, 2.75) is 25.1 Å². The molecular formula is C18H18IrNO2S-. The van der Waals surface area contributed by atoms with E-state index in [-0.39, 0.29) is 31.6 Å². The van der Waals surface area contributed by atoms with Gasteiger partial charge in [0.2, 0.25) is 0 Å². The molecule has 0 aromatic heterocycles. The first-order valence-electron chi connectivity index (χ1n) is 7.00. The Hall–Kier alpha value is -1.42. The van der Waals surface area contributed by atoms with Gasteiger partial charge < -0.3 is 10.1 Å². The third kappa shape index (κ3) is 6.30. The second kappa shape index (κ2) is 9.66. The summed E-state index contributed by atoms with van der Waals surface area (Å²) in [7, 11) is 0. The Balaban J connectivity index is 0.000000287. The summed E-state index contributed by atoms with van der Waals surface area (Å²) < 4.78 is 0. The van der Waals surface area contributed by atoms with Crippen LogP contribution < -0.4 is 0 Å². The Morgan fingerprint density at radius 3 is 2.57 bits per heavy atom. The summed E-state index contributed by atoms with van der Waals surface area (Å²) in [5, 5.41) is 9.96. The van der Waals surface area contributed by atoms with Crippen molar-refractivity contribution in [2.75, 3.05) is 0 Å². The number of aliphatic imine (C=N–C) groups is 1. The quantitative estimate of drug-likeness (QED) is 0.378. The van der Waals surface area contributed by atoms with Gasteiger partial charge in [0, 0.05) is 36.5 Å². The molecule has 0 spiro atoms. The maximum absolute atomic E-state index is 10.0. The number of rotatable bonds is 2. The molecule has 0 saturated heterocycles. The standard InChI is InChI=1S/C13H10NS.C5H8O2.Ir/c1-2-6-10(7-3-1)13-14-11-8-4-5-9-12(11)15-13;1-4(6)3-5(2)7;/h1-6,8-9,11-12H;3,6H,1-2H3;/q-1;;. The molecule has 123 valence electrons. The maximum atomic E-state index is 10.0. The summed E-state index contributed by atoms with van der Waals surface area (Å²) in [6.07, 6.45) is 9.71. The molecule has 1 aromatic carbocycles. The van der Waals surface area contributed by atoms with E-state index in [4.69, 9.17) is 10.1 Å². The van der Waals surface area contributed by atoms with Gasteiger partial charge in [-0.1, -0.05) is 24.3 Å². The smallest absolute Gasteiger partial charge is 0.155 e. The summed E-state index contributed by atoms with van der Waals surface area (Å²) in [4.78, 5) is 14.7.